The van der Waals surface area contributed by atoms with Crippen molar-refractivity contribution in [1.82, 2.24) is 9.55 Å². The van der Waals surface area contributed by atoms with Crippen molar-refractivity contribution < 1.29 is 18.3 Å². The molecule has 0 amide bonds. The minimum absolute atomic E-state index is 0.0282. The summed E-state index contributed by atoms with van der Waals surface area (Å²) >= 11 is 1.45. The van der Waals surface area contributed by atoms with Gasteiger partial charge in [0.05, 0.1) is 12.5 Å². The predicted octanol–water partition coefficient (Wildman–Crippen LogP) is 5.68. The Balaban J connectivity index is 1.57. The Bertz CT molecular complexity index is 1390. The number of rotatable bonds is 5. The monoisotopic (exact) mass is 452 g/mol. The van der Waals surface area contributed by atoms with Gasteiger partial charge in [0, 0.05) is 17.5 Å². The van der Waals surface area contributed by atoms with E-state index in [2.05, 4.69) is 4.74 Å². The molecule has 1 aliphatic heterocycles. The van der Waals surface area contributed by atoms with Crippen molar-refractivity contribution in [2.45, 2.75) is 19.6 Å². The van der Waals surface area contributed by atoms with Gasteiger partial charge in [0.1, 0.15) is 10.7 Å². The van der Waals surface area contributed by atoms with E-state index in [1.54, 1.807) is 16.7 Å². The van der Waals surface area contributed by atoms with Crippen molar-refractivity contribution in [3.8, 4) is 22.6 Å². The molecule has 3 heterocycles. The van der Waals surface area contributed by atoms with Crippen molar-refractivity contribution in [2.24, 2.45) is 0 Å². The van der Waals surface area contributed by atoms with Crippen molar-refractivity contribution in [1.29, 1.82) is 0 Å². The molecule has 4 aromatic rings. The van der Waals surface area contributed by atoms with E-state index < -0.39 is 6.61 Å². The average Bonchev–Trinajstić information content (AvgIpc) is 3.40. The lowest BCUT2D eigenvalue weighted by Crippen LogP contribution is -2.20. The number of ether oxygens (including phenoxy) is 2. The van der Waals surface area contributed by atoms with Gasteiger partial charge in [-0.2, -0.15) is 8.78 Å². The molecule has 5 rings (SSSR count). The molecule has 2 aromatic carbocycles. The Hall–Kier alpha value is -3.52. The zero-order valence-corrected chi connectivity index (χ0v) is 17.9. The molecule has 0 unspecified atom stereocenters. The first kappa shape index (κ1) is 20.4. The number of aromatic nitrogens is 2. The van der Waals surface area contributed by atoms with E-state index in [9.17, 15) is 13.6 Å². The number of fused-ring (bicyclic) bond motifs is 2. The number of nitrogens with zero attached hydrogens (tertiary/aromatic N) is 2. The summed E-state index contributed by atoms with van der Waals surface area (Å²) in [5.41, 5.74) is 3.49. The van der Waals surface area contributed by atoms with Gasteiger partial charge in [0.2, 0.25) is 0 Å². The summed E-state index contributed by atoms with van der Waals surface area (Å²) in [5, 5.41) is 2.61. The summed E-state index contributed by atoms with van der Waals surface area (Å²) in [4.78, 5) is 18.8. The highest BCUT2D eigenvalue weighted by molar-refractivity contribution is 7.17. The standard InChI is InChI=1S/C24H18F2N2O3S/c1-30-19-12-14(7-8-18(19)31-24(25)26)11-16-9-10-28-21(16)27-22-20(23(28)29)17(13-32-22)15-5-3-2-4-6-15/h2-8,11-13,24H,9-10H2,1H3. The highest BCUT2D eigenvalue weighted by Gasteiger charge is 2.23. The van der Waals surface area contributed by atoms with Gasteiger partial charge in [-0.05, 0) is 41.3 Å². The Labute approximate surface area is 186 Å². The van der Waals surface area contributed by atoms with Gasteiger partial charge in [-0.3, -0.25) is 9.36 Å². The molecule has 1 aliphatic rings. The van der Waals surface area contributed by atoms with Crippen molar-refractivity contribution in [3.05, 3.63) is 75.7 Å². The van der Waals surface area contributed by atoms with E-state index >= 15 is 0 Å². The summed E-state index contributed by atoms with van der Waals surface area (Å²) < 4.78 is 36.5. The van der Waals surface area contributed by atoms with Crippen LogP contribution in [0.2, 0.25) is 0 Å². The van der Waals surface area contributed by atoms with Crippen LogP contribution in [0.4, 0.5) is 8.78 Å². The number of thiophene rings is 1. The number of hydrogen-bond acceptors (Lipinski definition) is 5. The highest BCUT2D eigenvalue weighted by Crippen LogP contribution is 2.35. The lowest BCUT2D eigenvalue weighted by Gasteiger charge is -2.10. The third kappa shape index (κ3) is 3.56. The molecule has 0 saturated carbocycles. The number of allylic oxidation sites excluding steroid dienone is 1. The number of hydrogen-bond donors (Lipinski definition) is 0. The van der Waals surface area contributed by atoms with Gasteiger partial charge in [-0.1, -0.05) is 36.4 Å². The van der Waals surface area contributed by atoms with Gasteiger partial charge in [0.25, 0.3) is 5.56 Å². The molecule has 0 radical (unpaired) electrons. The average molecular weight is 452 g/mol. The molecule has 0 N–H and O–H groups in total. The normalized spacial score (nSPS) is 14.3. The van der Waals surface area contributed by atoms with Crippen LogP contribution >= 0.6 is 11.3 Å². The fraction of sp³-hybridized carbons (Fsp3) is 0.167. The Morgan fingerprint density at radius 2 is 1.97 bits per heavy atom. The largest absolute Gasteiger partial charge is 0.493 e. The second-order valence-electron chi connectivity index (χ2n) is 7.30. The van der Waals surface area contributed by atoms with Crippen molar-refractivity contribution in [2.75, 3.05) is 7.11 Å². The quantitative estimate of drug-likeness (QED) is 0.391. The summed E-state index contributed by atoms with van der Waals surface area (Å²) in [6.45, 7) is -2.39. The minimum atomic E-state index is -2.93. The van der Waals surface area contributed by atoms with Crippen LogP contribution in [0, 0.1) is 0 Å². The van der Waals surface area contributed by atoms with Crippen LogP contribution in [0.3, 0.4) is 0 Å². The van der Waals surface area contributed by atoms with Crippen molar-refractivity contribution in [3.63, 3.8) is 0 Å². The lowest BCUT2D eigenvalue weighted by atomic mass is 10.1. The fourth-order valence-corrected chi connectivity index (χ4v) is 4.89. The molecule has 32 heavy (non-hydrogen) atoms. The van der Waals surface area contributed by atoms with Crippen LogP contribution in [-0.4, -0.2) is 23.3 Å². The molecule has 0 aliphatic carbocycles. The molecule has 0 fully saturated rings. The molecule has 0 spiro atoms. The van der Waals surface area contributed by atoms with Gasteiger partial charge >= 0.3 is 6.61 Å². The maximum Gasteiger partial charge on any atom is 0.387 e. The zero-order chi connectivity index (χ0) is 22.2. The Morgan fingerprint density at radius 3 is 2.72 bits per heavy atom. The third-order valence-electron chi connectivity index (χ3n) is 5.42. The van der Waals surface area contributed by atoms with Crippen LogP contribution in [0.15, 0.2) is 58.7 Å². The van der Waals surface area contributed by atoms with Gasteiger partial charge in [0.15, 0.2) is 11.5 Å². The van der Waals surface area contributed by atoms with E-state index in [0.717, 1.165) is 22.3 Å². The first-order valence-electron chi connectivity index (χ1n) is 9.96. The van der Waals surface area contributed by atoms with Crippen LogP contribution in [-0.2, 0) is 6.54 Å². The minimum Gasteiger partial charge on any atom is -0.493 e. The van der Waals surface area contributed by atoms with Gasteiger partial charge in [-0.15, -0.1) is 11.3 Å². The SMILES string of the molecule is COc1cc(C=C2CCn3c2nc2scc(-c4ccccc4)c2c3=O)ccc1OC(F)F. The van der Waals surface area contributed by atoms with Gasteiger partial charge in [-0.25, -0.2) is 4.98 Å². The Kier molecular flexibility index (Phi) is 5.22. The van der Waals surface area contributed by atoms with Crippen molar-refractivity contribution >= 4 is 33.2 Å². The summed E-state index contributed by atoms with van der Waals surface area (Å²) in [6.07, 6.45) is 2.55. The van der Waals surface area contributed by atoms with E-state index in [4.69, 9.17) is 9.72 Å². The summed E-state index contributed by atoms with van der Waals surface area (Å²) in [7, 11) is 1.40. The molecule has 0 saturated heterocycles. The summed E-state index contributed by atoms with van der Waals surface area (Å²) in [5.74, 6) is 0.819. The van der Waals surface area contributed by atoms with Crippen LogP contribution in [0.5, 0.6) is 11.5 Å². The maximum atomic E-state index is 13.3. The van der Waals surface area contributed by atoms with E-state index in [1.165, 1.54) is 24.5 Å². The fourth-order valence-electron chi connectivity index (χ4n) is 3.96. The Morgan fingerprint density at radius 1 is 1.16 bits per heavy atom. The zero-order valence-electron chi connectivity index (χ0n) is 17.0. The topological polar surface area (TPSA) is 53.4 Å². The number of benzene rings is 2. The highest BCUT2D eigenvalue weighted by atomic mass is 32.1. The van der Waals surface area contributed by atoms with E-state index in [1.807, 2.05) is 41.8 Å². The molecule has 2 aromatic heterocycles. The molecule has 162 valence electrons. The number of alkyl halides is 2. The smallest absolute Gasteiger partial charge is 0.387 e. The number of methoxy groups -OCH3 is 1. The first-order valence-corrected chi connectivity index (χ1v) is 10.8. The van der Waals surface area contributed by atoms with Gasteiger partial charge < -0.3 is 9.47 Å². The second kappa shape index (κ2) is 8.20. The van der Waals surface area contributed by atoms with Crippen LogP contribution in [0.25, 0.3) is 33.0 Å². The molecular weight excluding hydrogens is 434 g/mol. The van der Waals surface area contributed by atoms with E-state index in [0.29, 0.717) is 29.0 Å². The molecule has 0 bridgehead atoms. The third-order valence-corrected chi connectivity index (χ3v) is 6.29. The predicted molar refractivity (Wildman–Crippen MR) is 121 cm³/mol. The second-order valence-corrected chi connectivity index (χ2v) is 8.15. The van der Waals surface area contributed by atoms with E-state index in [-0.39, 0.29) is 17.1 Å². The molecule has 8 heteroatoms. The molecular formula is C24H18F2N2O3S. The number of halogens is 2. The van der Waals surface area contributed by atoms with Crippen LogP contribution < -0.4 is 15.0 Å². The summed E-state index contributed by atoms with van der Waals surface area (Å²) in [6, 6.07) is 14.6. The lowest BCUT2D eigenvalue weighted by molar-refractivity contribution is -0.0512. The molecule has 5 nitrogen and oxygen atoms in total. The van der Waals surface area contributed by atoms with Crippen LogP contribution in [0.1, 0.15) is 17.8 Å². The first-order chi connectivity index (χ1) is 15.5. The molecule has 0 atom stereocenters. The maximum absolute atomic E-state index is 13.3.